The molecule has 0 amide bonds. The third-order valence-electron chi connectivity index (χ3n) is 3.63. The number of nitrogens with zero attached hydrogens (tertiary/aromatic N) is 1. The second kappa shape index (κ2) is 5.88. The van der Waals surface area contributed by atoms with Crippen molar-refractivity contribution in [3.63, 3.8) is 0 Å². The molecule has 1 saturated carbocycles. The molecule has 2 N–H and O–H groups in total. The molecule has 1 aromatic rings. The summed E-state index contributed by atoms with van der Waals surface area (Å²) in [5.41, 5.74) is 0.527. The number of nitrogens with one attached hydrogen (secondary N) is 2. The van der Waals surface area contributed by atoms with Gasteiger partial charge in [0, 0.05) is 19.3 Å². The lowest BCUT2D eigenvalue weighted by Crippen LogP contribution is -2.37. The van der Waals surface area contributed by atoms with Crippen LogP contribution in [-0.4, -0.2) is 26.5 Å². The highest BCUT2D eigenvalue weighted by atomic mass is 32.2. The van der Waals surface area contributed by atoms with Gasteiger partial charge in [-0.1, -0.05) is 6.92 Å². The summed E-state index contributed by atoms with van der Waals surface area (Å²) in [5, 5.41) is 2.94. The Bertz CT molecular complexity index is 522. The van der Waals surface area contributed by atoms with Gasteiger partial charge in [0.2, 0.25) is 0 Å². The zero-order chi connectivity index (χ0) is 13.9. The van der Waals surface area contributed by atoms with Crippen LogP contribution in [0.5, 0.6) is 0 Å². The second-order valence-corrected chi connectivity index (χ2v) is 6.81. The molecule has 0 spiro atoms. The molecule has 0 saturated heterocycles. The number of hydrogen-bond acceptors (Lipinski definition) is 4. The SMILES string of the molecule is CNc1cccnc1S(=O)(=O)NC1CCC(C)CC1. The lowest BCUT2D eigenvalue weighted by atomic mass is 9.88. The second-order valence-electron chi connectivity index (χ2n) is 5.18. The minimum absolute atomic E-state index is 0.0351. The summed E-state index contributed by atoms with van der Waals surface area (Å²) >= 11 is 0. The molecular weight excluding hydrogens is 262 g/mol. The van der Waals surface area contributed by atoms with Crippen LogP contribution in [0.25, 0.3) is 0 Å². The van der Waals surface area contributed by atoms with E-state index in [0.29, 0.717) is 11.6 Å². The van der Waals surface area contributed by atoms with Crippen LogP contribution in [0.3, 0.4) is 0 Å². The van der Waals surface area contributed by atoms with Crippen molar-refractivity contribution in [2.24, 2.45) is 5.92 Å². The Labute approximate surface area is 114 Å². The van der Waals surface area contributed by atoms with Crippen molar-refractivity contribution in [3.05, 3.63) is 18.3 Å². The van der Waals surface area contributed by atoms with E-state index in [0.717, 1.165) is 25.7 Å². The van der Waals surface area contributed by atoms with E-state index >= 15 is 0 Å². The molecule has 5 nitrogen and oxygen atoms in total. The maximum Gasteiger partial charge on any atom is 0.260 e. The average molecular weight is 283 g/mol. The van der Waals surface area contributed by atoms with Gasteiger partial charge in [-0.05, 0) is 43.7 Å². The molecule has 0 bridgehead atoms. The van der Waals surface area contributed by atoms with Crippen LogP contribution in [0.2, 0.25) is 0 Å². The van der Waals surface area contributed by atoms with E-state index in [1.807, 2.05) is 0 Å². The van der Waals surface area contributed by atoms with Crippen molar-refractivity contribution in [1.82, 2.24) is 9.71 Å². The van der Waals surface area contributed by atoms with Gasteiger partial charge < -0.3 is 5.32 Å². The monoisotopic (exact) mass is 283 g/mol. The van der Waals surface area contributed by atoms with E-state index in [1.165, 1.54) is 6.20 Å². The number of pyridine rings is 1. The molecule has 1 aromatic heterocycles. The molecule has 1 aliphatic rings. The minimum atomic E-state index is -3.54. The van der Waals surface area contributed by atoms with Crippen LogP contribution < -0.4 is 10.0 Å². The van der Waals surface area contributed by atoms with Gasteiger partial charge in [0.15, 0.2) is 5.03 Å². The first-order chi connectivity index (χ1) is 9.03. The molecule has 19 heavy (non-hydrogen) atoms. The Hall–Kier alpha value is -1.14. The lowest BCUT2D eigenvalue weighted by molar-refractivity contribution is 0.332. The highest BCUT2D eigenvalue weighted by Crippen LogP contribution is 2.25. The van der Waals surface area contributed by atoms with Crippen LogP contribution in [-0.2, 0) is 10.0 Å². The Morgan fingerprint density at radius 3 is 2.58 bits per heavy atom. The van der Waals surface area contributed by atoms with Gasteiger partial charge in [-0.25, -0.2) is 18.1 Å². The van der Waals surface area contributed by atoms with Crippen LogP contribution in [0.4, 0.5) is 5.69 Å². The predicted octanol–water partition coefficient (Wildman–Crippen LogP) is 1.98. The van der Waals surface area contributed by atoms with Gasteiger partial charge in [-0.3, -0.25) is 0 Å². The van der Waals surface area contributed by atoms with Crippen molar-refractivity contribution in [2.45, 2.75) is 43.7 Å². The minimum Gasteiger partial charge on any atom is -0.386 e. The zero-order valence-electron chi connectivity index (χ0n) is 11.4. The van der Waals surface area contributed by atoms with Gasteiger partial charge >= 0.3 is 0 Å². The Kier molecular flexibility index (Phi) is 4.42. The predicted molar refractivity (Wildman–Crippen MR) is 75.5 cm³/mol. The molecule has 0 unspecified atom stereocenters. The molecule has 0 atom stereocenters. The summed E-state index contributed by atoms with van der Waals surface area (Å²) in [4.78, 5) is 3.99. The number of rotatable bonds is 4. The first-order valence-electron chi connectivity index (χ1n) is 6.68. The van der Waals surface area contributed by atoms with Crippen molar-refractivity contribution >= 4 is 15.7 Å². The molecule has 2 rings (SSSR count). The first-order valence-corrected chi connectivity index (χ1v) is 8.16. The van der Waals surface area contributed by atoms with Gasteiger partial charge in [0.05, 0.1) is 5.69 Å². The standard InChI is InChI=1S/C13H21N3O2S/c1-10-5-7-11(8-6-10)16-19(17,18)13-12(14-2)4-3-9-15-13/h3-4,9-11,14,16H,5-8H2,1-2H3. The molecule has 1 heterocycles. The summed E-state index contributed by atoms with van der Waals surface area (Å²) < 4.78 is 27.5. The van der Waals surface area contributed by atoms with E-state index in [9.17, 15) is 8.42 Å². The van der Waals surface area contributed by atoms with E-state index < -0.39 is 10.0 Å². The smallest absolute Gasteiger partial charge is 0.260 e. The van der Waals surface area contributed by atoms with E-state index in [2.05, 4.69) is 21.9 Å². The molecule has 1 aliphatic carbocycles. The maximum absolute atomic E-state index is 12.3. The first kappa shape index (κ1) is 14.3. The van der Waals surface area contributed by atoms with E-state index in [-0.39, 0.29) is 11.1 Å². The summed E-state index contributed by atoms with van der Waals surface area (Å²) in [6.07, 6.45) is 5.46. The van der Waals surface area contributed by atoms with Crippen molar-refractivity contribution in [3.8, 4) is 0 Å². The van der Waals surface area contributed by atoms with E-state index in [1.54, 1.807) is 19.2 Å². The largest absolute Gasteiger partial charge is 0.386 e. The van der Waals surface area contributed by atoms with Crippen molar-refractivity contribution in [2.75, 3.05) is 12.4 Å². The van der Waals surface area contributed by atoms with Gasteiger partial charge in [-0.2, -0.15) is 0 Å². The average Bonchev–Trinajstić information content (AvgIpc) is 2.41. The maximum atomic E-state index is 12.3. The lowest BCUT2D eigenvalue weighted by Gasteiger charge is -2.26. The summed E-state index contributed by atoms with van der Waals surface area (Å²) in [7, 11) is -1.85. The fraction of sp³-hybridized carbons (Fsp3) is 0.615. The Morgan fingerprint density at radius 1 is 1.26 bits per heavy atom. The van der Waals surface area contributed by atoms with Crippen LogP contribution in [0.15, 0.2) is 23.4 Å². The van der Waals surface area contributed by atoms with Crippen LogP contribution in [0.1, 0.15) is 32.6 Å². The quantitative estimate of drug-likeness (QED) is 0.886. The van der Waals surface area contributed by atoms with Gasteiger partial charge in [0.1, 0.15) is 0 Å². The van der Waals surface area contributed by atoms with Crippen molar-refractivity contribution in [1.29, 1.82) is 0 Å². The number of sulfonamides is 1. The third-order valence-corrected chi connectivity index (χ3v) is 5.11. The van der Waals surface area contributed by atoms with Crippen molar-refractivity contribution < 1.29 is 8.42 Å². The summed E-state index contributed by atoms with van der Waals surface area (Å²) in [6.45, 7) is 2.21. The molecule has 0 radical (unpaired) electrons. The van der Waals surface area contributed by atoms with Gasteiger partial charge in [0.25, 0.3) is 10.0 Å². The summed E-state index contributed by atoms with van der Waals surface area (Å²) in [5.74, 6) is 0.698. The van der Waals surface area contributed by atoms with Gasteiger partial charge in [-0.15, -0.1) is 0 Å². The fourth-order valence-electron chi connectivity index (χ4n) is 2.45. The Morgan fingerprint density at radius 2 is 1.95 bits per heavy atom. The topological polar surface area (TPSA) is 71.1 Å². The molecular formula is C13H21N3O2S. The fourth-order valence-corrected chi connectivity index (χ4v) is 3.89. The number of anilines is 1. The molecule has 1 fully saturated rings. The van der Waals surface area contributed by atoms with Crippen LogP contribution in [0, 0.1) is 5.92 Å². The highest BCUT2D eigenvalue weighted by Gasteiger charge is 2.26. The zero-order valence-corrected chi connectivity index (χ0v) is 12.2. The molecule has 0 aliphatic heterocycles. The molecule has 106 valence electrons. The van der Waals surface area contributed by atoms with Crippen LogP contribution >= 0.6 is 0 Å². The third kappa shape index (κ3) is 3.45. The van der Waals surface area contributed by atoms with E-state index in [4.69, 9.17) is 0 Å². The number of hydrogen-bond donors (Lipinski definition) is 2. The normalized spacial score (nSPS) is 24.1. The summed E-state index contributed by atoms with van der Waals surface area (Å²) in [6, 6.07) is 3.46. The molecule has 0 aromatic carbocycles. The molecule has 6 heteroatoms. The Balaban J connectivity index is 2.14. The highest BCUT2D eigenvalue weighted by molar-refractivity contribution is 7.89. The number of aromatic nitrogens is 1.